The zero-order valence-corrected chi connectivity index (χ0v) is 20.0. The Labute approximate surface area is 206 Å². The van der Waals surface area contributed by atoms with Gasteiger partial charge in [0.05, 0.1) is 5.41 Å². The third-order valence-corrected chi connectivity index (χ3v) is 6.77. The van der Waals surface area contributed by atoms with Crippen LogP contribution in [0.4, 0.5) is 0 Å². The Morgan fingerprint density at radius 3 is 1.31 bits per heavy atom. The highest BCUT2D eigenvalue weighted by molar-refractivity contribution is 5.86. The molecular formula is C31H30O4. The third-order valence-electron chi connectivity index (χ3n) is 6.77. The van der Waals surface area contributed by atoms with Crippen molar-refractivity contribution in [2.75, 3.05) is 0 Å². The summed E-state index contributed by atoms with van der Waals surface area (Å²) in [4.78, 5) is 0. The van der Waals surface area contributed by atoms with Crippen LogP contribution >= 0.6 is 0 Å². The lowest BCUT2D eigenvalue weighted by Crippen LogP contribution is -2.28. The van der Waals surface area contributed by atoms with Gasteiger partial charge in [-0.25, -0.2) is 0 Å². The second-order valence-electron chi connectivity index (χ2n) is 8.85. The van der Waals surface area contributed by atoms with Crippen LogP contribution in [0.15, 0.2) is 97.1 Å². The van der Waals surface area contributed by atoms with Crippen LogP contribution < -0.4 is 9.47 Å². The van der Waals surface area contributed by atoms with E-state index in [1.807, 2.05) is 38.1 Å². The van der Waals surface area contributed by atoms with Gasteiger partial charge in [-0.15, -0.1) is 0 Å². The molecule has 0 aliphatic heterocycles. The molecule has 1 aliphatic carbocycles. The van der Waals surface area contributed by atoms with Gasteiger partial charge in [0.1, 0.15) is 11.5 Å². The number of hydrogen-bond donors (Lipinski definition) is 2. The largest absolute Gasteiger partial charge is 0.465 e. The van der Waals surface area contributed by atoms with Gasteiger partial charge >= 0.3 is 0 Å². The van der Waals surface area contributed by atoms with Crippen molar-refractivity contribution >= 4 is 0 Å². The summed E-state index contributed by atoms with van der Waals surface area (Å²) in [6.07, 6.45) is -0.608. The molecule has 4 nitrogen and oxygen atoms in total. The number of rotatable bonds is 8. The molecule has 4 aromatic rings. The summed E-state index contributed by atoms with van der Waals surface area (Å²) in [6.45, 7) is 3.76. The molecule has 0 saturated carbocycles. The maximum Gasteiger partial charge on any atom is 0.197 e. The van der Waals surface area contributed by atoms with E-state index in [-0.39, 0.29) is 0 Å². The van der Waals surface area contributed by atoms with E-state index in [0.29, 0.717) is 24.3 Å². The predicted molar refractivity (Wildman–Crippen MR) is 138 cm³/mol. The number of hydrogen-bond acceptors (Lipinski definition) is 4. The first kappa shape index (κ1) is 23.2. The molecule has 2 unspecified atom stereocenters. The molecular weight excluding hydrogens is 436 g/mol. The highest BCUT2D eigenvalue weighted by atomic mass is 16.6. The van der Waals surface area contributed by atoms with E-state index in [1.54, 1.807) is 0 Å². The summed E-state index contributed by atoms with van der Waals surface area (Å²) in [5.41, 5.74) is 6.54. The Morgan fingerprint density at radius 1 is 0.571 bits per heavy atom. The third kappa shape index (κ3) is 3.99. The van der Waals surface area contributed by atoms with E-state index in [0.717, 1.165) is 11.1 Å². The number of fused-ring (bicyclic) bond motifs is 3. The minimum absolute atomic E-state index is 0.521. The summed E-state index contributed by atoms with van der Waals surface area (Å²) in [5.74, 6) is 1.27. The van der Waals surface area contributed by atoms with Gasteiger partial charge < -0.3 is 19.7 Å². The topological polar surface area (TPSA) is 58.9 Å². The molecule has 0 heterocycles. The summed E-state index contributed by atoms with van der Waals surface area (Å²) >= 11 is 0. The zero-order valence-electron chi connectivity index (χ0n) is 20.0. The fourth-order valence-electron chi connectivity index (χ4n) is 5.07. The first-order chi connectivity index (χ1) is 17.1. The van der Waals surface area contributed by atoms with Crippen molar-refractivity contribution in [3.63, 3.8) is 0 Å². The molecule has 178 valence electrons. The van der Waals surface area contributed by atoms with Crippen molar-refractivity contribution in [2.24, 2.45) is 0 Å². The van der Waals surface area contributed by atoms with Gasteiger partial charge in [-0.2, -0.15) is 0 Å². The second-order valence-corrected chi connectivity index (χ2v) is 8.85. The van der Waals surface area contributed by atoms with Crippen molar-refractivity contribution in [1.29, 1.82) is 0 Å². The van der Waals surface area contributed by atoms with Gasteiger partial charge in [0.2, 0.25) is 0 Å². The summed E-state index contributed by atoms with van der Waals surface area (Å²) in [7, 11) is 0. The standard InChI is InChI=1S/C31H30O4/c1-3-29(32)34-23-17-13-21(14-18-23)31(22-15-19-24(20-16-22)35-30(33)4-2)27-11-7-5-9-25(27)26-10-6-8-12-28(26)31/h5-20,29-30,32-33H,3-4H2,1-2H3. The average Bonchev–Trinajstić information content (AvgIpc) is 3.21. The highest BCUT2D eigenvalue weighted by Gasteiger charge is 2.45. The molecule has 4 heteroatoms. The molecule has 4 aromatic carbocycles. The normalized spacial score (nSPS) is 15.1. The second kappa shape index (κ2) is 9.57. The van der Waals surface area contributed by atoms with E-state index in [2.05, 4.69) is 72.8 Å². The molecule has 1 aliphatic rings. The van der Waals surface area contributed by atoms with Gasteiger partial charge in [0, 0.05) is 12.8 Å². The molecule has 0 radical (unpaired) electrons. The van der Waals surface area contributed by atoms with Crippen molar-refractivity contribution in [2.45, 2.75) is 44.7 Å². The van der Waals surface area contributed by atoms with Crippen LogP contribution in [0.1, 0.15) is 48.9 Å². The smallest absolute Gasteiger partial charge is 0.197 e. The van der Waals surface area contributed by atoms with Crippen molar-refractivity contribution in [3.8, 4) is 22.6 Å². The van der Waals surface area contributed by atoms with Crippen molar-refractivity contribution < 1.29 is 19.7 Å². The number of benzene rings is 4. The van der Waals surface area contributed by atoms with E-state index in [4.69, 9.17) is 9.47 Å². The van der Waals surface area contributed by atoms with E-state index >= 15 is 0 Å². The number of aliphatic hydroxyl groups excluding tert-OH is 2. The Bertz CT molecular complexity index is 1190. The lowest BCUT2D eigenvalue weighted by atomic mass is 9.68. The van der Waals surface area contributed by atoms with Gasteiger partial charge in [-0.05, 0) is 57.6 Å². The first-order valence-corrected chi connectivity index (χ1v) is 12.2. The summed E-state index contributed by atoms with van der Waals surface area (Å²) < 4.78 is 11.3. The van der Waals surface area contributed by atoms with E-state index in [1.165, 1.54) is 22.3 Å². The molecule has 0 spiro atoms. The fraction of sp³-hybridized carbons (Fsp3) is 0.226. The van der Waals surface area contributed by atoms with Crippen LogP contribution in [0.3, 0.4) is 0 Å². The summed E-state index contributed by atoms with van der Waals surface area (Å²) in [5, 5.41) is 19.9. The molecule has 2 atom stereocenters. The molecule has 2 N–H and O–H groups in total. The Morgan fingerprint density at radius 2 is 0.943 bits per heavy atom. The van der Waals surface area contributed by atoms with Crippen LogP contribution in [0, 0.1) is 0 Å². The molecule has 0 saturated heterocycles. The minimum Gasteiger partial charge on any atom is -0.465 e. The lowest BCUT2D eigenvalue weighted by Gasteiger charge is -2.34. The minimum atomic E-state index is -0.825. The molecule has 0 aromatic heterocycles. The monoisotopic (exact) mass is 466 g/mol. The predicted octanol–water partition coefficient (Wildman–Crippen LogP) is 6.26. The van der Waals surface area contributed by atoms with Crippen molar-refractivity contribution in [3.05, 3.63) is 119 Å². The van der Waals surface area contributed by atoms with Crippen LogP contribution in [-0.2, 0) is 5.41 Å². The van der Waals surface area contributed by atoms with Crippen LogP contribution in [0.25, 0.3) is 11.1 Å². The molecule has 0 bridgehead atoms. The fourth-order valence-corrected chi connectivity index (χ4v) is 5.07. The lowest BCUT2D eigenvalue weighted by molar-refractivity contribution is -0.0196. The Kier molecular flexibility index (Phi) is 6.33. The molecule has 0 amide bonds. The van der Waals surface area contributed by atoms with Crippen LogP contribution in [0.2, 0.25) is 0 Å². The summed E-state index contributed by atoms with van der Waals surface area (Å²) in [6, 6.07) is 33.1. The van der Waals surface area contributed by atoms with E-state index < -0.39 is 18.0 Å². The van der Waals surface area contributed by atoms with Gasteiger partial charge in [-0.3, -0.25) is 0 Å². The first-order valence-electron chi connectivity index (χ1n) is 12.2. The molecule has 35 heavy (non-hydrogen) atoms. The average molecular weight is 467 g/mol. The SMILES string of the molecule is CCC(O)Oc1ccc(C2(c3ccc(OC(O)CC)cc3)c3ccccc3-c3ccccc32)cc1. The number of ether oxygens (including phenoxy) is 2. The maximum absolute atomic E-state index is 9.94. The van der Waals surface area contributed by atoms with E-state index in [9.17, 15) is 10.2 Å². The van der Waals surface area contributed by atoms with Crippen LogP contribution in [0.5, 0.6) is 11.5 Å². The van der Waals surface area contributed by atoms with Gasteiger partial charge in [0.15, 0.2) is 12.6 Å². The maximum atomic E-state index is 9.94. The van der Waals surface area contributed by atoms with Gasteiger partial charge in [0.25, 0.3) is 0 Å². The Hall–Kier alpha value is -3.60. The zero-order chi connectivity index (χ0) is 24.4. The van der Waals surface area contributed by atoms with Crippen molar-refractivity contribution in [1.82, 2.24) is 0 Å². The molecule has 0 fully saturated rings. The molecule has 5 rings (SSSR count). The highest BCUT2D eigenvalue weighted by Crippen LogP contribution is 2.56. The Balaban J connectivity index is 1.70. The van der Waals surface area contributed by atoms with Crippen LogP contribution in [-0.4, -0.2) is 22.8 Å². The quantitative estimate of drug-likeness (QED) is 0.265. The number of aliphatic hydroxyl groups is 2. The van der Waals surface area contributed by atoms with Gasteiger partial charge in [-0.1, -0.05) is 86.6 Å².